The number of halogens is 1. The molecule has 13 heavy (non-hydrogen) atoms. The molecule has 3 N–H and O–H groups in total. The van der Waals surface area contributed by atoms with Crippen LogP contribution in [0.25, 0.3) is 0 Å². The van der Waals surface area contributed by atoms with Crippen LogP contribution in [-0.2, 0) is 4.79 Å². The van der Waals surface area contributed by atoms with Gasteiger partial charge in [0.15, 0.2) is 6.67 Å². The van der Waals surface area contributed by atoms with E-state index >= 15 is 0 Å². The molecular formula is C8H17FN2O2. The molecule has 0 aliphatic heterocycles. The molecule has 4 nitrogen and oxygen atoms in total. The first-order chi connectivity index (χ1) is 6.01. The topological polar surface area (TPSA) is 66.6 Å². The zero-order valence-corrected chi connectivity index (χ0v) is 8.09. The molecule has 0 aromatic carbocycles. The number of carbonyl (C=O) groups is 1. The van der Waals surface area contributed by atoms with E-state index in [-0.39, 0.29) is 6.61 Å². The van der Waals surface area contributed by atoms with Crippen molar-refractivity contribution in [3.63, 3.8) is 0 Å². The van der Waals surface area contributed by atoms with E-state index in [9.17, 15) is 9.18 Å². The molecule has 0 saturated heterocycles. The Morgan fingerprint density at radius 2 is 2.23 bits per heavy atom. The average molecular weight is 192 g/mol. The average Bonchev–Trinajstić information content (AvgIpc) is 2.15. The van der Waals surface area contributed by atoms with E-state index in [1.807, 2.05) is 6.92 Å². The fourth-order valence-electron chi connectivity index (χ4n) is 1.07. The lowest BCUT2D eigenvalue weighted by atomic mass is 9.94. The number of aliphatic hydroxyl groups excluding tert-OH is 1. The van der Waals surface area contributed by atoms with Crippen LogP contribution in [-0.4, -0.2) is 34.8 Å². The van der Waals surface area contributed by atoms with Crippen molar-refractivity contribution >= 4 is 5.91 Å². The number of hydrazine groups is 1. The minimum Gasteiger partial charge on any atom is -0.396 e. The molecule has 0 bridgehead atoms. The molecule has 0 rings (SSSR count). The smallest absolute Gasteiger partial charge is 0.268 e. The van der Waals surface area contributed by atoms with Gasteiger partial charge in [-0.15, -0.1) is 0 Å². The summed E-state index contributed by atoms with van der Waals surface area (Å²) in [6.45, 7) is 2.38. The first-order valence-electron chi connectivity index (χ1n) is 4.26. The van der Waals surface area contributed by atoms with E-state index in [4.69, 9.17) is 10.9 Å². The van der Waals surface area contributed by atoms with Gasteiger partial charge in [-0.3, -0.25) is 9.80 Å². The lowest BCUT2D eigenvalue weighted by molar-refractivity contribution is -0.139. The Morgan fingerprint density at radius 1 is 1.69 bits per heavy atom. The van der Waals surface area contributed by atoms with Gasteiger partial charge in [-0.25, -0.2) is 10.2 Å². The molecule has 0 spiro atoms. The summed E-state index contributed by atoms with van der Waals surface area (Å²) in [5.41, 5.74) is -0.655. The van der Waals surface area contributed by atoms with Crippen LogP contribution in [0.4, 0.5) is 4.39 Å². The second kappa shape index (κ2) is 5.14. The SMILES string of the molecule is CCC(C)(CCO)N(N)C(=O)CF. The molecule has 1 atom stereocenters. The maximum atomic E-state index is 12.0. The van der Waals surface area contributed by atoms with E-state index in [1.54, 1.807) is 6.92 Å². The Hall–Kier alpha value is -0.680. The molecular weight excluding hydrogens is 175 g/mol. The number of nitrogens with zero attached hydrogens (tertiary/aromatic N) is 1. The number of aliphatic hydroxyl groups is 1. The number of rotatable bonds is 5. The standard InChI is InChI=1S/C8H17FN2O2/c1-3-8(2,4-5-12)11(10)7(13)6-9/h12H,3-6,10H2,1-2H3. The van der Waals surface area contributed by atoms with E-state index in [0.717, 1.165) is 5.01 Å². The Kier molecular flexibility index (Phi) is 4.87. The fraction of sp³-hybridized carbons (Fsp3) is 0.875. The maximum absolute atomic E-state index is 12.0. The summed E-state index contributed by atoms with van der Waals surface area (Å²) in [6.07, 6.45) is 0.932. The van der Waals surface area contributed by atoms with E-state index in [2.05, 4.69) is 0 Å². The van der Waals surface area contributed by atoms with Crippen molar-refractivity contribution in [3.05, 3.63) is 0 Å². The van der Waals surface area contributed by atoms with Gasteiger partial charge in [0.05, 0.1) is 5.54 Å². The van der Waals surface area contributed by atoms with Gasteiger partial charge in [0.25, 0.3) is 5.91 Å². The molecule has 0 saturated carbocycles. The molecule has 1 unspecified atom stereocenters. The largest absolute Gasteiger partial charge is 0.396 e. The number of nitrogens with two attached hydrogens (primary N) is 1. The van der Waals surface area contributed by atoms with Crippen molar-refractivity contribution in [1.29, 1.82) is 0 Å². The van der Waals surface area contributed by atoms with Crippen LogP contribution in [0.1, 0.15) is 26.7 Å². The summed E-state index contributed by atoms with van der Waals surface area (Å²) in [7, 11) is 0. The second-order valence-corrected chi connectivity index (χ2v) is 3.22. The minimum absolute atomic E-state index is 0.0718. The number of carbonyl (C=O) groups excluding carboxylic acids is 1. The fourth-order valence-corrected chi connectivity index (χ4v) is 1.07. The molecule has 0 heterocycles. The molecule has 1 amide bonds. The Bertz CT molecular complexity index is 178. The van der Waals surface area contributed by atoms with Crippen molar-refractivity contribution < 1.29 is 14.3 Å². The second-order valence-electron chi connectivity index (χ2n) is 3.22. The van der Waals surface area contributed by atoms with Crippen LogP contribution in [0.3, 0.4) is 0 Å². The highest BCUT2D eigenvalue weighted by molar-refractivity contribution is 5.77. The highest BCUT2D eigenvalue weighted by Crippen LogP contribution is 2.20. The zero-order valence-electron chi connectivity index (χ0n) is 8.09. The molecule has 5 heteroatoms. The summed E-state index contributed by atoms with van der Waals surface area (Å²) >= 11 is 0. The first-order valence-corrected chi connectivity index (χ1v) is 4.26. The van der Waals surface area contributed by atoms with E-state index < -0.39 is 18.1 Å². The highest BCUT2D eigenvalue weighted by Gasteiger charge is 2.30. The predicted octanol–water partition coefficient (Wildman–Crippen LogP) is 0.209. The van der Waals surface area contributed by atoms with Crippen LogP contribution in [0.15, 0.2) is 0 Å². The summed E-state index contributed by atoms with van der Waals surface area (Å²) in [4.78, 5) is 10.9. The van der Waals surface area contributed by atoms with Crippen molar-refractivity contribution in [2.75, 3.05) is 13.3 Å². The summed E-state index contributed by atoms with van der Waals surface area (Å²) < 4.78 is 12.0. The van der Waals surface area contributed by atoms with Crippen molar-refractivity contribution in [1.82, 2.24) is 5.01 Å². The van der Waals surface area contributed by atoms with Gasteiger partial charge >= 0.3 is 0 Å². The van der Waals surface area contributed by atoms with Crippen molar-refractivity contribution in [2.45, 2.75) is 32.2 Å². The van der Waals surface area contributed by atoms with Gasteiger partial charge in [-0.2, -0.15) is 0 Å². The summed E-state index contributed by atoms with van der Waals surface area (Å²) in [5.74, 6) is 4.68. The highest BCUT2D eigenvalue weighted by atomic mass is 19.1. The van der Waals surface area contributed by atoms with Crippen LogP contribution in [0.5, 0.6) is 0 Å². The summed E-state index contributed by atoms with van der Waals surface area (Å²) in [5, 5.41) is 9.63. The van der Waals surface area contributed by atoms with Gasteiger partial charge in [-0.1, -0.05) is 6.92 Å². The maximum Gasteiger partial charge on any atom is 0.268 e. The Balaban J connectivity index is 4.45. The van der Waals surface area contributed by atoms with E-state index in [1.165, 1.54) is 0 Å². The molecule has 78 valence electrons. The van der Waals surface area contributed by atoms with Gasteiger partial charge in [0.1, 0.15) is 0 Å². The third kappa shape index (κ3) is 2.93. The Morgan fingerprint density at radius 3 is 2.54 bits per heavy atom. The minimum atomic E-state index is -1.10. The normalized spacial score (nSPS) is 15.2. The number of hydrogen-bond donors (Lipinski definition) is 2. The third-order valence-corrected chi connectivity index (χ3v) is 2.38. The monoisotopic (exact) mass is 192 g/mol. The molecule has 0 aromatic heterocycles. The molecule has 0 aliphatic rings. The van der Waals surface area contributed by atoms with Gasteiger partial charge in [-0.05, 0) is 19.8 Å². The van der Waals surface area contributed by atoms with Crippen molar-refractivity contribution in [2.24, 2.45) is 5.84 Å². The molecule has 0 fully saturated rings. The summed E-state index contributed by atoms with van der Waals surface area (Å²) in [6, 6.07) is 0. The van der Waals surface area contributed by atoms with Gasteiger partial charge in [0, 0.05) is 6.61 Å². The van der Waals surface area contributed by atoms with E-state index in [0.29, 0.717) is 12.8 Å². The lowest BCUT2D eigenvalue weighted by Crippen LogP contribution is -2.54. The third-order valence-electron chi connectivity index (χ3n) is 2.38. The number of amides is 1. The van der Waals surface area contributed by atoms with Crippen LogP contribution in [0, 0.1) is 0 Å². The molecule has 0 aliphatic carbocycles. The van der Waals surface area contributed by atoms with Gasteiger partial charge < -0.3 is 5.11 Å². The first kappa shape index (κ1) is 12.3. The van der Waals surface area contributed by atoms with Gasteiger partial charge in [0.2, 0.25) is 0 Å². The number of alkyl halides is 1. The number of hydrogen-bond acceptors (Lipinski definition) is 3. The van der Waals surface area contributed by atoms with Crippen molar-refractivity contribution in [3.8, 4) is 0 Å². The van der Waals surface area contributed by atoms with Crippen LogP contribution >= 0.6 is 0 Å². The predicted molar refractivity (Wildman–Crippen MR) is 47.4 cm³/mol. The van der Waals surface area contributed by atoms with Crippen LogP contribution in [0.2, 0.25) is 0 Å². The molecule has 0 aromatic rings. The molecule has 0 radical (unpaired) electrons. The Labute approximate surface area is 77.5 Å². The quantitative estimate of drug-likeness (QED) is 0.372. The lowest BCUT2D eigenvalue weighted by Gasteiger charge is -2.36. The van der Waals surface area contributed by atoms with Crippen LogP contribution < -0.4 is 5.84 Å². The zero-order chi connectivity index (χ0) is 10.5.